The topological polar surface area (TPSA) is 76.1 Å². The Hall–Kier alpha value is -3.69. The SMILES string of the molecule is COc1ccc(NC(=O)c2cc(C(F)(F)F)ncc2Nc2ccc(F)cc2C)c(C)n1. The first-order chi connectivity index (χ1) is 14.6. The van der Waals surface area contributed by atoms with Gasteiger partial charge in [-0.2, -0.15) is 13.2 Å². The molecule has 2 heterocycles. The fraction of sp³-hybridized carbons (Fsp3) is 0.190. The maximum atomic E-state index is 13.4. The highest BCUT2D eigenvalue weighted by Gasteiger charge is 2.34. The summed E-state index contributed by atoms with van der Waals surface area (Å²) in [5.74, 6) is -0.938. The highest BCUT2D eigenvalue weighted by molar-refractivity contribution is 6.08. The third-order valence-electron chi connectivity index (χ3n) is 4.41. The number of anilines is 3. The Morgan fingerprint density at radius 2 is 1.74 bits per heavy atom. The van der Waals surface area contributed by atoms with Crippen LogP contribution in [0.4, 0.5) is 34.6 Å². The lowest BCUT2D eigenvalue weighted by atomic mass is 10.1. The molecule has 0 bridgehead atoms. The summed E-state index contributed by atoms with van der Waals surface area (Å²) >= 11 is 0. The van der Waals surface area contributed by atoms with Gasteiger partial charge in [0.15, 0.2) is 0 Å². The minimum Gasteiger partial charge on any atom is -0.481 e. The zero-order valence-corrected chi connectivity index (χ0v) is 16.8. The molecular weight excluding hydrogens is 416 g/mol. The Morgan fingerprint density at radius 3 is 2.35 bits per heavy atom. The second-order valence-corrected chi connectivity index (χ2v) is 6.64. The van der Waals surface area contributed by atoms with E-state index in [0.29, 0.717) is 34.6 Å². The van der Waals surface area contributed by atoms with Crippen LogP contribution in [0.25, 0.3) is 0 Å². The van der Waals surface area contributed by atoms with Gasteiger partial charge in [0.05, 0.1) is 35.9 Å². The molecule has 6 nitrogen and oxygen atoms in total. The number of aromatic nitrogens is 2. The first-order valence-corrected chi connectivity index (χ1v) is 9.02. The van der Waals surface area contributed by atoms with Crippen molar-refractivity contribution in [2.45, 2.75) is 20.0 Å². The summed E-state index contributed by atoms with van der Waals surface area (Å²) in [4.78, 5) is 20.4. The molecule has 10 heteroatoms. The zero-order valence-electron chi connectivity index (χ0n) is 16.8. The number of halogens is 4. The van der Waals surface area contributed by atoms with Crippen molar-refractivity contribution in [3.8, 4) is 5.88 Å². The summed E-state index contributed by atoms with van der Waals surface area (Å²) in [5.41, 5.74) is 0.159. The van der Waals surface area contributed by atoms with Crippen LogP contribution in [0.2, 0.25) is 0 Å². The van der Waals surface area contributed by atoms with Gasteiger partial charge in [0.2, 0.25) is 5.88 Å². The smallest absolute Gasteiger partial charge is 0.433 e. The molecule has 0 aliphatic carbocycles. The summed E-state index contributed by atoms with van der Waals surface area (Å²) < 4.78 is 58.0. The molecule has 0 fully saturated rings. The predicted octanol–water partition coefficient (Wildman–Crippen LogP) is 5.26. The summed E-state index contributed by atoms with van der Waals surface area (Å²) in [6.07, 6.45) is -3.82. The van der Waals surface area contributed by atoms with Crippen molar-refractivity contribution in [3.63, 3.8) is 0 Å². The van der Waals surface area contributed by atoms with Gasteiger partial charge in [0, 0.05) is 11.8 Å². The summed E-state index contributed by atoms with van der Waals surface area (Å²) in [7, 11) is 1.44. The number of amides is 1. The van der Waals surface area contributed by atoms with E-state index in [1.807, 2.05) is 0 Å². The van der Waals surface area contributed by atoms with Crippen LogP contribution in [-0.2, 0) is 6.18 Å². The number of hydrogen-bond donors (Lipinski definition) is 2. The molecule has 0 radical (unpaired) electrons. The van der Waals surface area contributed by atoms with E-state index in [1.165, 1.54) is 37.4 Å². The molecule has 162 valence electrons. The molecule has 0 spiro atoms. The number of hydrogen-bond acceptors (Lipinski definition) is 5. The second-order valence-electron chi connectivity index (χ2n) is 6.64. The number of methoxy groups -OCH3 is 1. The second kappa shape index (κ2) is 8.58. The standard InChI is InChI=1S/C21H18F4N4O2/c1-11-8-13(22)4-5-15(11)28-17-10-26-18(21(23,24)25)9-14(17)20(30)29-16-6-7-19(31-3)27-12(16)2/h4-10,28H,1-3H3,(H,29,30). The fourth-order valence-electron chi connectivity index (χ4n) is 2.78. The maximum Gasteiger partial charge on any atom is 0.433 e. The maximum absolute atomic E-state index is 13.4. The molecule has 1 amide bonds. The average Bonchev–Trinajstić information content (AvgIpc) is 2.70. The molecule has 0 saturated carbocycles. The Kier molecular flexibility index (Phi) is 6.09. The fourth-order valence-corrected chi connectivity index (χ4v) is 2.78. The molecule has 2 N–H and O–H groups in total. The zero-order chi connectivity index (χ0) is 22.8. The molecule has 0 aliphatic heterocycles. The number of benzene rings is 1. The number of aryl methyl sites for hydroxylation is 2. The molecular formula is C21H18F4N4O2. The van der Waals surface area contributed by atoms with Gasteiger partial charge in [-0.25, -0.2) is 14.4 Å². The highest BCUT2D eigenvalue weighted by atomic mass is 19.4. The Morgan fingerprint density at radius 1 is 1.03 bits per heavy atom. The van der Waals surface area contributed by atoms with E-state index >= 15 is 0 Å². The number of ether oxygens (including phenoxy) is 1. The number of pyridine rings is 2. The van der Waals surface area contributed by atoms with Crippen molar-refractivity contribution in [3.05, 3.63) is 70.9 Å². The lowest BCUT2D eigenvalue weighted by Gasteiger charge is -2.16. The van der Waals surface area contributed by atoms with Crippen LogP contribution in [0.3, 0.4) is 0 Å². The van der Waals surface area contributed by atoms with E-state index in [-0.39, 0.29) is 11.3 Å². The van der Waals surface area contributed by atoms with Gasteiger partial charge in [-0.15, -0.1) is 0 Å². The Balaban J connectivity index is 2.00. The Labute approximate surface area is 175 Å². The number of nitrogens with zero attached hydrogens (tertiary/aromatic N) is 2. The van der Waals surface area contributed by atoms with Gasteiger partial charge < -0.3 is 15.4 Å². The number of carbonyl (C=O) groups excluding carboxylic acids is 1. The minimum absolute atomic E-state index is 0.0272. The molecule has 31 heavy (non-hydrogen) atoms. The van der Waals surface area contributed by atoms with E-state index < -0.39 is 23.6 Å². The van der Waals surface area contributed by atoms with Gasteiger partial charge in [0.1, 0.15) is 11.5 Å². The van der Waals surface area contributed by atoms with Crippen molar-refractivity contribution in [1.29, 1.82) is 0 Å². The van der Waals surface area contributed by atoms with Crippen molar-refractivity contribution in [1.82, 2.24) is 9.97 Å². The number of carbonyl (C=O) groups is 1. The van der Waals surface area contributed by atoms with Crippen LogP contribution < -0.4 is 15.4 Å². The molecule has 3 rings (SSSR count). The largest absolute Gasteiger partial charge is 0.481 e. The highest BCUT2D eigenvalue weighted by Crippen LogP contribution is 2.32. The third-order valence-corrected chi connectivity index (χ3v) is 4.41. The molecule has 0 unspecified atom stereocenters. The van der Waals surface area contributed by atoms with Gasteiger partial charge in [-0.05, 0) is 49.7 Å². The Bertz CT molecular complexity index is 1130. The first-order valence-electron chi connectivity index (χ1n) is 9.02. The molecule has 0 atom stereocenters. The lowest BCUT2D eigenvalue weighted by molar-refractivity contribution is -0.141. The van der Waals surface area contributed by atoms with E-state index in [0.717, 1.165) is 6.20 Å². The van der Waals surface area contributed by atoms with Gasteiger partial charge >= 0.3 is 6.18 Å². The molecule has 0 saturated heterocycles. The third kappa shape index (κ3) is 5.08. The normalized spacial score (nSPS) is 11.2. The molecule has 3 aromatic rings. The van der Waals surface area contributed by atoms with Gasteiger partial charge in [-0.1, -0.05) is 0 Å². The summed E-state index contributed by atoms with van der Waals surface area (Å²) in [5, 5.41) is 5.41. The van der Waals surface area contributed by atoms with Crippen molar-refractivity contribution in [2.75, 3.05) is 17.7 Å². The van der Waals surface area contributed by atoms with Crippen LogP contribution in [0.5, 0.6) is 5.88 Å². The van der Waals surface area contributed by atoms with Gasteiger partial charge in [-0.3, -0.25) is 4.79 Å². The van der Waals surface area contributed by atoms with Crippen LogP contribution in [0, 0.1) is 19.7 Å². The van der Waals surface area contributed by atoms with E-state index in [1.54, 1.807) is 13.8 Å². The minimum atomic E-state index is -4.74. The van der Waals surface area contributed by atoms with Crippen LogP contribution in [-0.4, -0.2) is 23.0 Å². The van der Waals surface area contributed by atoms with E-state index in [9.17, 15) is 22.4 Å². The quantitative estimate of drug-likeness (QED) is 0.536. The summed E-state index contributed by atoms with van der Waals surface area (Å²) in [6.45, 7) is 3.24. The first kappa shape index (κ1) is 22.0. The van der Waals surface area contributed by atoms with Crippen molar-refractivity contribution in [2.24, 2.45) is 0 Å². The monoisotopic (exact) mass is 434 g/mol. The number of nitrogens with one attached hydrogen (secondary N) is 2. The van der Waals surface area contributed by atoms with E-state index in [2.05, 4.69) is 20.6 Å². The molecule has 2 aromatic heterocycles. The van der Waals surface area contributed by atoms with Crippen LogP contribution >= 0.6 is 0 Å². The van der Waals surface area contributed by atoms with Crippen LogP contribution in [0.15, 0.2) is 42.6 Å². The predicted molar refractivity (Wildman–Crippen MR) is 107 cm³/mol. The van der Waals surface area contributed by atoms with Crippen molar-refractivity contribution >= 4 is 23.0 Å². The average molecular weight is 434 g/mol. The number of rotatable bonds is 5. The van der Waals surface area contributed by atoms with Crippen LogP contribution in [0.1, 0.15) is 27.3 Å². The summed E-state index contributed by atoms with van der Waals surface area (Å²) in [6, 6.07) is 7.56. The molecule has 1 aromatic carbocycles. The number of alkyl halides is 3. The van der Waals surface area contributed by atoms with E-state index in [4.69, 9.17) is 4.74 Å². The van der Waals surface area contributed by atoms with Crippen molar-refractivity contribution < 1.29 is 27.1 Å². The molecule has 0 aliphatic rings. The lowest BCUT2D eigenvalue weighted by Crippen LogP contribution is -2.18. The van der Waals surface area contributed by atoms with Gasteiger partial charge in [0.25, 0.3) is 5.91 Å².